The molecule has 1 heterocycles. The molecule has 6 nitrogen and oxygen atoms in total. The zero-order valence-corrected chi connectivity index (χ0v) is 26.9. The molecular formula is C38H49N3O3. The lowest BCUT2D eigenvalue weighted by molar-refractivity contribution is -0.153. The normalized spacial score (nSPS) is 33.2. The molecule has 234 valence electrons. The second-order valence-electron chi connectivity index (χ2n) is 14.2. The Morgan fingerprint density at radius 3 is 2.52 bits per heavy atom. The van der Waals surface area contributed by atoms with E-state index in [9.17, 15) is 9.59 Å². The van der Waals surface area contributed by atoms with Crippen LogP contribution in [0.5, 0.6) is 0 Å². The summed E-state index contributed by atoms with van der Waals surface area (Å²) in [6, 6.07) is 14.2. The van der Waals surface area contributed by atoms with E-state index in [-0.39, 0.29) is 53.2 Å². The van der Waals surface area contributed by atoms with E-state index in [2.05, 4.69) is 37.0 Å². The molecule has 0 spiro atoms. The van der Waals surface area contributed by atoms with Crippen molar-refractivity contribution in [3.8, 4) is 0 Å². The average Bonchev–Trinajstić information content (AvgIpc) is 3.39. The molecule has 1 amide bonds. The van der Waals surface area contributed by atoms with Crippen LogP contribution in [0.3, 0.4) is 0 Å². The van der Waals surface area contributed by atoms with Crippen molar-refractivity contribution in [1.29, 1.82) is 0 Å². The molecule has 2 fully saturated rings. The minimum atomic E-state index is -0.270. The molecule has 7 unspecified atom stereocenters. The summed E-state index contributed by atoms with van der Waals surface area (Å²) < 4.78 is 6.01. The Bertz CT molecular complexity index is 1440. The third-order valence-corrected chi connectivity index (χ3v) is 12.1. The summed E-state index contributed by atoms with van der Waals surface area (Å²) in [6.45, 7) is 9.47. The Kier molecular flexibility index (Phi) is 8.34. The number of hydrogen-bond donors (Lipinski definition) is 1. The van der Waals surface area contributed by atoms with Gasteiger partial charge in [0.15, 0.2) is 0 Å². The van der Waals surface area contributed by atoms with Crippen molar-refractivity contribution < 1.29 is 14.3 Å². The van der Waals surface area contributed by atoms with Gasteiger partial charge in [0.05, 0.1) is 12.5 Å². The predicted molar refractivity (Wildman–Crippen MR) is 174 cm³/mol. The van der Waals surface area contributed by atoms with E-state index < -0.39 is 0 Å². The zero-order chi connectivity index (χ0) is 31.1. The van der Waals surface area contributed by atoms with Crippen LogP contribution in [-0.4, -0.2) is 39.9 Å². The molecule has 6 heteroatoms. The van der Waals surface area contributed by atoms with Gasteiger partial charge in [-0.3, -0.25) is 14.6 Å². The van der Waals surface area contributed by atoms with Gasteiger partial charge in [-0.15, -0.1) is 0 Å². The summed E-state index contributed by atoms with van der Waals surface area (Å²) in [6.07, 6.45) is 15.6. The van der Waals surface area contributed by atoms with Gasteiger partial charge < -0.3 is 15.4 Å². The number of carbonyl (C=O) groups is 2. The van der Waals surface area contributed by atoms with Crippen LogP contribution in [-0.2, 0) is 14.3 Å². The number of carbonyl (C=O) groups excluding carboxylic acids is 2. The summed E-state index contributed by atoms with van der Waals surface area (Å²) >= 11 is 0. The average molecular weight is 596 g/mol. The monoisotopic (exact) mass is 595 g/mol. The Labute approximate surface area is 263 Å². The van der Waals surface area contributed by atoms with E-state index in [4.69, 9.17) is 10.5 Å². The first-order valence-corrected chi connectivity index (χ1v) is 16.7. The summed E-state index contributed by atoms with van der Waals surface area (Å²) in [7, 11) is 0. The Hall–Kier alpha value is -3.25. The molecular weight excluding hydrogens is 546 g/mol. The number of aromatic nitrogens is 1. The summed E-state index contributed by atoms with van der Waals surface area (Å²) in [4.78, 5) is 32.3. The largest absolute Gasteiger partial charge is 0.462 e. The Balaban J connectivity index is 1.08. The number of amides is 1. The van der Waals surface area contributed by atoms with Gasteiger partial charge in [-0.1, -0.05) is 68.0 Å². The highest BCUT2D eigenvalue weighted by Gasteiger charge is 2.62. The van der Waals surface area contributed by atoms with E-state index in [0.717, 1.165) is 50.5 Å². The predicted octanol–water partition coefficient (Wildman–Crippen LogP) is 7.42. The number of pyridine rings is 1. The van der Waals surface area contributed by atoms with Gasteiger partial charge in [0, 0.05) is 37.3 Å². The lowest BCUT2D eigenvalue weighted by Crippen LogP contribution is -2.65. The number of fused-ring (bicyclic) bond motifs is 5. The number of hydrogen-bond acceptors (Lipinski definition) is 5. The quantitative estimate of drug-likeness (QED) is 0.254. The molecule has 2 N–H and O–H groups in total. The van der Waals surface area contributed by atoms with Gasteiger partial charge in [-0.25, -0.2) is 0 Å². The van der Waals surface area contributed by atoms with Crippen molar-refractivity contribution in [1.82, 2.24) is 9.88 Å². The standard InChI is InChI=1S/C38H49N3O3/c1-5-41(26(2)27-10-7-6-8-11-27)34(42)15-16-35(43)44-30-18-20-36(3)29(24-30)17-22-38(39)32-14-13-31(28-12-9-23-40-25-28)37(32,4)21-19-33(36)38/h6-13,17,23,25-26,30,32-33H,5,14-16,18-22,24,39H2,1-4H3. The number of esters is 1. The van der Waals surface area contributed by atoms with E-state index in [1.54, 1.807) is 0 Å². The van der Waals surface area contributed by atoms with Crippen LogP contribution in [0.25, 0.3) is 5.57 Å². The molecule has 0 aliphatic heterocycles. The maximum absolute atomic E-state index is 13.1. The SMILES string of the molecule is CCN(C(=O)CCC(=O)OC1CCC2(C)C(=CCC3(N)C2CCC2(C)C(c4cccnc4)=CCC23)C1)C(C)c1ccccc1. The first kappa shape index (κ1) is 30.8. The lowest BCUT2D eigenvalue weighted by atomic mass is 9.44. The van der Waals surface area contributed by atoms with Crippen LogP contribution in [0.2, 0.25) is 0 Å². The van der Waals surface area contributed by atoms with Crippen molar-refractivity contribution in [2.24, 2.45) is 28.4 Å². The molecule has 44 heavy (non-hydrogen) atoms. The third-order valence-electron chi connectivity index (χ3n) is 12.1. The number of benzene rings is 1. The van der Waals surface area contributed by atoms with Crippen molar-refractivity contribution in [3.05, 3.63) is 83.7 Å². The van der Waals surface area contributed by atoms with Gasteiger partial charge in [-0.2, -0.15) is 0 Å². The number of nitrogens with zero attached hydrogens (tertiary/aromatic N) is 2. The molecule has 6 rings (SSSR count). The van der Waals surface area contributed by atoms with Crippen molar-refractivity contribution in [3.63, 3.8) is 0 Å². The van der Waals surface area contributed by atoms with Crippen LogP contribution in [0.4, 0.5) is 0 Å². The number of rotatable bonds is 8. The minimum Gasteiger partial charge on any atom is -0.462 e. The fourth-order valence-corrected chi connectivity index (χ4v) is 9.65. The van der Waals surface area contributed by atoms with E-state index in [0.29, 0.717) is 18.4 Å². The van der Waals surface area contributed by atoms with Gasteiger partial charge in [0.25, 0.3) is 0 Å². The topological polar surface area (TPSA) is 85.5 Å². The maximum atomic E-state index is 13.1. The zero-order valence-electron chi connectivity index (χ0n) is 26.9. The molecule has 0 radical (unpaired) electrons. The molecule has 0 bridgehead atoms. The fraction of sp³-hybridized carbons (Fsp3) is 0.553. The number of nitrogens with two attached hydrogens (primary N) is 1. The molecule has 2 aromatic rings. The van der Waals surface area contributed by atoms with Gasteiger partial charge in [-0.05, 0) is 97.8 Å². The van der Waals surface area contributed by atoms with E-state index >= 15 is 0 Å². The van der Waals surface area contributed by atoms with Crippen molar-refractivity contribution in [2.75, 3.05) is 6.54 Å². The number of ether oxygens (including phenoxy) is 1. The molecule has 0 saturated heterocycles. The van der Waals surface area contributed by atoms with Crippen molar-refractivity contribution >= 4 is 17.4 Å². The van der Waals surface area contributed by atoms with Crippen LogP contribution in [0.1, 0.15) is 103 Å². The molecule has 1 aromatic heterocycles. The van der Waals surface area contributed by atoms with Crippen LogP contribution in [0.15, 0.2) is 72.6 Å². The Morgan fingerprint density at radius 1 is 1.02 bits per heavy atom. The maximum Gasteiger partial charge on any atom is 0.306 e. The lowest BCUT2D eigenvalue weighted by Gasteiger charge is -2.62. The highest BCUT2D eigenvalue weighted by atomic mass is 16.5. The summed E-state index contributed by atoms with van der Waals surface area (Å²) in [5.41, 5.74) is 12.5. The van der Waals surface area contributed by atoms with Gasteiger partial charge in [0.1, 0.15) is 6.10 Å². The molecule has 7 atom stereocenters. The molecule has 4 aliphatic rings. The second-order valence-corrected chi connectivity index (χ2v) is 14.2. The minimum absolute atomic E-state index is 0.0105. The van der Waals surface area contributed by atoms with Crippen LogP contribution in [0, 0.1) is 22.7 Å². The second kappa shape index (κ2) is 11.9. The number of allylic oxidation sites excluding steroid dienone is 2. The first-order valence-electron chi connectivity index (χ1n) is 16.7. The van der Waals surface area contributed by atoms with Crippen LogP contribution < -0.4 is 5.73 Å². The molecule has 4 aliphatic carbocycles. The summed E-state index contributed by atoms with van der Waals surface area (Å²) in [5, 5.41) is 0. The Morgan fingerprint density at radius 2 is 1.80 bits per heavy atom. The highest BCUT2D eigenvalue weighted by Crippen LogP contribution is 2.67. The fourth-order valence-electron chi connectivity index (χ4n) is 9.65. The smallest absolute Gasteiger partial charge is 0.306 e. The molecule has 1 aromatic carbocycles. The highest BCUT2D eigenvalue weighted by molar-refractivity contribution is 5.81. The molecule has 2 saturated carbocycles. The van der Waals surface area contributed by atoms with E-state index in [1.165, 1.54) is 16.7 Å². The van der Waals surface area contributed by atoms with Crippen LogP contribution >= 0.6 is 0 Å². The first-order chi connectivity index (χ1) is 21.1. The van der Waals surface area contributed by atoms with Gasteiger partial charge in [0.2, 0.25) is 5.91 Å². The third kappa shape index (κ3) is 5.23. The van der Waals surface area contributed by atoms with Gasteiger partial charge >= 0.3 is 5.97 Å². The summed E-state index contributed by atoms with van der Waals surface area (Å²) in [5.74, 6) is 0.534. The van der Waals surface area contributed by atoms with Crippen molar-refractivity contribution in [2.45, 2.75) is 103 Å². The van der Waals surface area contributed by atoms with E-state index in [1.807, 2.05) is 67.5 Å².